The number of carbonyl (C=O) groups excluding carboxylic acids is 1. The predicted octanol–water partition coefficient (Wildman–Crippen LogP) is 2.84. The number of rotatable bonds is 8. The first-order valence-electron chi connectivity index (χ1n) is 10.3. The first-order valence-corrected chi connectivity index (χ1v) is 10.3. The lowest BCUT2D eigenvalue weighted by molar-refractivity contribution is -0.120. The molecule has 6 nitrogen and oxygen atoms in total. The SMILES string of the molecule is CCN1CCN(c2ccc(CNC(=O)Cc3ccc(OC)c(OC)c3)cc2F)CC1. The molecule has 0 unspecified atom stereocenters. The first kappa shape index (κ1) is 21.9. The van der Waals surface area contributed by atoms with Crippen molar-refractivity contribution < 1.29 is 18.7 Å². The van der Waals surface area contributed by atoms with Gasteiger partial charge in [-0.2, -0.15) is 0 Å². The third-order valence-electron chi connectivity index (χ3n) is 5.47. The number of piperazine rings is 1. The van der Waals surface area contributed by atoms with Gasteiger partial charge in [0.15, 0.2) is 11.5 Å². The smallest absolute Gasteiger partial charge is 0.224 e. The van der Waals surface area contributed by atoms with Crippen molar-refractivity contribution in [1.29, 1.82) is 0 Å². The van der Waals surface area contributed by atoms with E-state index < -0.39 is 0 Å². The van der Waals surface area contributed by atoms with Crippen molar-refractivity contribution in [2.75, 3.05) is 51.8 Å². The van der Waals surface area contributed by atoms with Crippen LogP contribution in [0.25, 0.3) is 0 Å². The maximum Gasteiger partial charge on any atom is 0.224 e. The van der Waals surface area contributed by atoms with Gasteiger partial charge in [-0.25, -0.2) is 4.39 Å². The van der Waals surface area contributed by atoms with Crippen LogP contribution in [0.5, 0.6) is 11.5 Å². The summed E-state index contributed by atoms with van der Waals surface area (Å²) in [5.41, 5.74) is 2.19. The molecule has 7 heteroatoms. The van der Waals surface area contributed by atoms with Crippen LogP contribution in [0.3, 0.4) is 0 Å². The lowest BCUT2D eigenvalue weighted by Gasteiger charge is -2.35. The van der Waals surface area contributed by atoms with E-state index in [2.05, 4.69) is 22.0 Å². The Labute approximate surface area is 177 Å². The topological polar surface area (TPSA) is 54.0 Å². The highest BCUT2D eigenvalue weighted by molar-refractivity contribution is 5.78. The summed E-state index contributed by atoms with van der Waals surface area (Å²) in [5, 5.41) is 2.86. The Morgan fingerprint density at radius 3 is 2.33 bits per heavy atom. The Kier molecular flexibility index (Phi) is 7.52. The van der Waals surface area contributed by atoms with E-state index >= 15 is 0 Å². The number of ether oxygens (including phenoxy) is 2. The highest BCUT2D eigenvalue weighted by atomic mass is 19.1. The van der Waals surface area contributed by atoms with Crippen LogP contribution in [-0.2, 0) is 17.8 Å². The van der Waals surface area contributed by atoms with Crippen LogP contribution >= 0.6 is 0 Å². The summed E-state index contributed by atoms with van der Waals surface area (Å²) >= 11 is 0. The van der Waals surface area contributed by atoms with Crippen molar-refractivity contribution in [3.05, 3.63) is 53.3 Å². The number of hydrogen-bond acceptors (Lipinski definition) is 5. The minimum absolute atomic E-state index is 0.137. The number of anilines is 1. The molecule has 1 N–H and O–H groups in total. The van der Waals surface area contributed by atoms with Crippen molar-refractivity contribution in [1.82, 2.24) is 10.2 Å². The number of methoxy groups -OCH3 is 2. The van der Waals surface area contributed by atoms with Gasteiger partial charge in [0.2, 0.25) is 5.91 Å². The second kappa shape index (κ2) is 10.3. The zero-order valence-electron chi connectivity index (χ0n) is 17.9. The molecule has 1 saturated heterocycles. The number of halogens is 1. The number of nitrogens with one attached hydrogen (secondary N) is 1. The molecule has 1 aliphatic heterocycles. The van der Waals surface area contributed by atoms with Crippen molar-refractivity contribution in [3.63, 3.8) is 0 Å². The molecule has 0 aliphatic carbocycles. The fourth-order valence-electron chi connectivity index (χ4n) is 3.66. The van der Waals surface area contributed by atoms with Gasteiger partial charge in [-0.05, 0) is 41.9 Å². The van der Waals surface area contributed by atoms with E-state index in [0.29, 0.717) is 17.2 Å². The molecular weight excluding hydrogens is 385 g/mol. The summed E-state index contributed by atoms with van der Waals surface area (Å²) in [6.45, 7) is 7.00. The minimum atomic E-state index is -0.244. The van der Waals surface area contributed by atoms with Crippen LogP contribution in [0, 0.1) is 5.82 Å². The number of hydrogen-bond donors (Lipinski definition) is 1. The molecule has 162 valence electrons. The summed E-state index contributed by atoms with van der Waals surface area (Å²) in [6.07, 6.45) is 0.211. The third-order valence-corrected chi connectivity index (χ3v) is 5.47. The molecule has 1 aliphatic rings. The normalized spacial score (nSPS) is 14.5. The van der Waals surface area contributed by atoms with Crippen molar-refractivity contribution >= 4 is 11.6 Å². The zero-order chi connectivity index (χ0) is 21.5. The molecule has 2 aromatic rings. The van der Waals surface area contributed by atoms with Gasteiger partial charge >= 0.3 is 0 Å². The summed E-state index contributed by atoms with van der Waals surface area (Å²) in [5.74, 6) is 0.822. The highest BCUT2D eigenvalue weighted by Crippen LogP contribution is 2.27. The molecule has 0 atom stereocenters. The van der Waals surface area contributed by atoms with E-state index in [9.17, 15) is 9.18 Å². The van der Waals surface area contributed by atoms with Crippen molar-refractivity contribution in [2.45, 2.75) is 19.9 Å². The molecule has 0 bridgehead atoms. The van der Waals surface area contributed by atoms with Gasteiger partial charge in [-0.3, -0.25) is 4.79 Å². The Morgan fingerprint density at radius 2 is 1.70 bits per heavy atom. The lowest BCUT2D eigenvalue weighted by Crippen LogP contribution is -2.46. The van der Waals surface area contributed by atoms with Gasteiger partial charge in [0.25, 0.3) is 0 Å². The average Bonchev–Trinajstić information content (AvgIpc) is 2.77. The second-order valence-electron chi connectivity index (χ2n) is 7.35. The van der Waals surface area contributed by atoms with Gasteiger partial charge in [-0.1, -0.05) is 19.1 Å². The minimum Gasteiger partial charge on any atom is -0.493 e. The lowest BCUT2D eigenvalue weighted by atomic mass is 10.1. The fourth-order valence-corrected chi connectivity index (χ4v) is 3.66. The van der Waals surface area contributed by atoms with Crippen LogP contribution in [0.1, 0.15) is 18.1 Å². The van der Waals surface area contributed by atoms with E-state index in [4.69, 9.17) is 9.47 Å². The van der Waals surface area contributed by atoms with E-state index in [1.165, 1.54) is 6.07 Å². The second-order valence-corrected chi connectivity index (χ2v) is 7.35. The maximum atomic E-state index is 14.6. The number of benzene rings is 2. The molecule has 1 amide bonds. The molecular formula is C23H30FN3O3. The number of carbonyl (C=O) groups is 1. The molecule has 1 heterocycles. The monoisotopic (exact) mass is 415 g/mol. The van der Waals surface area contributed by atoms with Gasteiger partial charge < -0.3 is 24.6 Å². The largest absolute Gasteiger partial charge is 0.493 e. The molecule has 30 heavy (non-hydrogen) atoms. The van der Waals surface area contributed by atoms with Gasteiger partial charge in [0.1, 0.15) is 5.82 Å². The third kappa shape index (κ3) is 5.42. The van der Waals surface area contributed by atoms with E-state index in [1.807, 2.05) is 18.2 Å². The Morgan fingerprint density at radius 1 is 1.00 bits per heavy atom. The average molecular weight is 416 g/mol. The Balaban J connectivity index is 1.54. The molecule has 0 aromatic heterocycles. The van der Waals surface area contributed by atoms with E-state index in [0.717, 1.165) is 43.9 Å². The number of nitrogens with zero attached hydrogens (tertiary/aromatic N) is 2. The van der Waals surface area contributed by atoms with Crippen LogP contribution in [0.2, 0.25) is 0 Å². The Hall–Kier alpha value is -2.80. The summed E-state index contributed by atoms with van der Waals surface area (Å²) in [4.78, 5) is 16.8. The molecule has 3 rings (SSSR count). The first-order chi connectivity index (χ1) is 14.5. The zero-order valence-corrected chi connectivity index (χ0v) is 17.9. The Bertz CT molecular complexity index is 867. The van der Waals surface area contributed by atoms with Gasteiger partial charge in [-0.15, -0.1) is 0 Å². The van der Waals surface area contributed by atoms with Crippen LogP contribution < -0.4 is 19.7 Å². The van der Waals surface area contributed by atoms with Crippen molar-refractivity contribution in [3.8, 4) is 11.5 Å². The van der Waals surface area contributed by atoms with E-state index in [-0.39, 0.29) is 24.7 Å². The van der Waals surface area contributed by atoms with Crippen LogP contribution in [0.15, 0.2) is 36.4 Å². The fraction of sp³-hybridized carbons (Fsp3) is 0.435. The predicted molar refractivity (Wildman–Crippen MR) is 116 cm³/mol. The quantitative estimate of drug-likeness (QED) is 0.719. The summed E-state index contributed by atoms with van der Waals surface area (Å²) in [6, 6.07) is 10.6. The number of likely N-dealkylation sites (N-methyl/N-ethyl adjacent to an activating group) is 1. The van der Waals surface area contributed by atoms with Crippen LogP contribution in [-0.4, -0.2) is 57.8 Å². The van der Waals surface area contributed by atoms with Gasteiger partial charge in [0.05, 0.1) is 26.3 Å². The van der Waals surface area contributed by atoms with Crippen LogP contribution in [0.4, 0.5) is 10.1 Å². The molecule has 2 aromatic carbocycles. The number of amides is 1. The molecule has 0 spiro atoms. The summed E-state index contributed by atoms with van der Waals surface area (Å²) < 4.78 is 25.1. The molecule has 1 fully saturated rings. The maximum absolute atomic E-state index is 14.6. The molecule has 0 radical (unpaired) electrons. The summed E-state index contributed by atoms with van der Waals surface area (Å²) in [7, 11) is 3.13. The standard InChI is InChI=1S/C23H30FN3O3/c1-4-26-9-11-27(12-10-26)20-7-5-18(13-19(20)24)16-25-23(28)15-17-6-8-21(29-2)22(14-17)30-3/h5-8,13-14H,4,9-12,15-16H2,1-3H3,(H,25,28). The van der Waals surface area contributed by atoms with Crippen molar-refractivity contribution in [2.24, 2.45) is 0 Å². The van der Waals surface area contributed by atoms with Gasteiger partial charge in [0, 0.05) is 32.7 Å². The van der Waals surface area contributed by atoms with E-state index in [1.54, 1.807) is 26.4 Å². The molecule has 0 saturated carbocycles. The highest BCUT2D eigenvalue weighted by Gasteiger charge is 2.18.